The predicted octanol–water partition coefficient (Wildman–Crippen LogP) is 0.478. The van der Waals surface area contributed by atoms with Gasteiger partial charge in [-0.1, -0.05) is 0 Å². The molecule has 2 aromatic rings. The molecule has 2 aromatic heterocycles. The van der Waals surface area contributed by atoms with Crippen molar-refractivity contribution in [1.82, 2.24) is 9.97 Å². The Morgan fingerprint density at radius 3 is 1.80 bits per heavy atom. The molecule has 0 bridgehead atoms. The Bertz CT molecular complexity index is 724. The van der Waals surface area contributed by atoms with Crippen LogP contribution in [-0.4, -0.2) is 41.8 Å². The van der Waals surface area contributed by atoms with Crippen molar-refractivity contribution in [1.29, 1.82) is 0 Å². The first kappa shape index (κ1) is 23.0. The fraction of sp³-hybridized carbons (Fsp3) is 0.312. The number of carbonyl (C=O) groups excluding carboxylic acids is 1. The van der Waals surface area contributed by atoms with Gasteiger partial charge in [0.05, 0.1) is 36.8 Å². The molecule has 0 aliphatic heterocycles. The molecule has 0 fully saturated rings. The minimum absolute atomic E-state index is 0. The van der Waals surface area contributed by atoms with Gasteiger partial charge in [-0.3, -0.25) is 14.8 Å². The number of aromatic nitrogens is 2. The number of aromatic hydroxyl groups is 2. The van der Waals surface area contributed by atoms with Crippen LogP contribution in [0.25, 0.3) is 0 Å². The Morgan fingerprint density at radius 2 is 1.36 bits per heavy atom. The summed E-state index contributed by atoms with van der Waals surface area (Å²) in [5.74, 6) is -0.194. The standard InChI is InChI=1S/C8H11NO3.C8H9NO3.Fe/c2*1-5-8(12)7(4-11)6(3-10)2-9-5;/h2,10-12H,3-4H2,1H3;2,4,10,12H,3H2,1H3;. The monoisotopic (exact) mass is 392 g/mol. The van der Waals surface area contributed by atoms with E-state index >= 15 is 0 Å². The molecule has 25 heavy (non-hydrogen) atoms. The van der Waals surface area contributed by atoms with Crippen molar-refractivity contribution in [3.63, 3.8) is 0 Å². The molecule has 138 valence electrons. The van der Waals surface area contributed by atoms with Crippen molar-refractivity contribution >= 4 is 6.29 Å². The number of nitrogens with zero attached hydrogens (tertiary/aromatic N) is 2. The molecule has 0 amide bonds. The smallest absolute Gasteiger partial charge is 0.154 e. The number of hydrogen-bond donors (Lipinski definition) is 5. The Balaban J connectivity index is 0.000000443. The zero-order valence-corrected chi connectivity index (χ0v) is 14.8. The van der Waals surface area contributed by atoms with Crippen molar-refractivity contribution in [3.8, 4) is 11.5 Å². The number of carbonyl (C=O) groups is 1. The summed E-state index contributed by atoms with van der Waals surface area (Å²) in [5, 5.41) is 45.1. The maximum Gasteiger partial charge on any atom is 0.154 e. The van der Waals surface area contributed by atoms with E-state index in [0.29, 0.717) is 34.4 Å². The maximum absolute atomic E-state index is 10.5. The minimum Gasteiger partial charge on any atom is -0.506 e. The number of pyridine rings is 2. The molecule has 0 saturated carbocycles. The number of aliphatic hydroxyl groups excluding tert-OH is 3. The SMILES string of the molecule is Cc1ncc(CO)c(C=O)c1O.Cc1ncc(CO)c(CO)c1O.[Fe]. The van der Waals surface area contributed by atoms with Crippen LogP contribution in [0.2, 0.25) is 0 Å². The van der Waals surface area contributed by atoms with Gasteiger partial charge in [-0.25, -0.2) is 0 Å². The summed E-state index contributed by atoms with van der Waals surface area (Å²) in [5.41, 5.74) is 2.11. The number of rotatable bonds is 4. The molecule has 9 heteroatoms. The first-order valence-corrected chi connectivity index (χ1v) is 7.02. The summed E-state index contributed by atoms with van der Waals surface area (Å²) in [6, 6.07) is 0. The molecular weight excluding hydrogens is 372 g/mol. The van der Waals surface area contributed by atoms with E-state index in [9.17, 15) is 15.0 Å². The van der Waals surface area contributed by atoms with Gasteiger partial charge in [0.2, 0.25) is 0 Å². The Hall–Kier alpha value is -2.03. The van der Waals surface area contributed by atoms with Crippen LogP contribution < -0.4 is 0 Å². The maximum atomic E-state index is 10.5. The number of aryl methyl sites for hydroxylation is 2. The van der Waals surface area contributed by atoms with E-state index in [-0.39, 0.29) is 54.0 Å². The van der Waals surface area contributed by atoms with Gasteiger partial charge in [0, 0.05) is 46.2 Å². The van der Waals surface area contributed by atoms with Gasteiger partial charge in [0.25, 0.3) is 0 Å². The quantitative estimate of drug-likeness (QED) is 0.373. The number of aldehydes is 1. The van der Waals surface area contributed by atoms with Crippen LogP contribution in [0.5, 0.6) is 11.5 Å². The van der Waals surface area contributed by atoms with E-state index in [0.717, 1.165) is 0 Å². The zero-order chi connectivity index (χ0) is 18.3. The van der Waals surface area contributed by atoms with Gasteiger partial charge in [0.1, 0.15) is 11.5 Å². The van der Waals surface area contributed by atoms with Crippen molar-refractivity contribution in [2.45, 2.75) is 33.7 Å². The summed E-state index contributed by atoms with van der Waals surface area (Å²) >= 11 is 0. The Labute approximate surface area is 155 Å². The molecule has 0 saturated heterocycles. The molecule has 8 nitrogen and oxygen atoms in total. The molecule has 0 aromatic carbocycles. The fourth-order valence-corrected chi connectivity index (χ4v) is 1.91. The van der Waals surface area contributed by atoms with E-state index < -0.39 is 0 Å². The van der Waals surface area contributed by atoms with Crippen LogP contribution in [0, 0.1) is 13.8 Å². The molecule has 0 unspecified atom stereocenters. The summed E-state index contributed by atoms with van der Waals surface area (Å²) in [4.78, 5) is 18.1. The van der Waals surface area contributed by atoms with Crippen LogP contribution in [0.3, 0.4) is 0 Å². The molecule has 5 N–H and O–H groups in total. The van der Waals surface area contributed by atoms with Crippen LogP contribution in [0.1, 0.15) is 38.4 Å². The van der Waals surface area contributed by atoms with Crippen LogP contribution in [0.15, 0.2) is 12.4 Å². The van der Waals surface area contributed by atoms with E-state index in [2.05, 4.69) is 9.97 Å². The fourth-order valence-electron chi connectivity index (χ4n) is 1.91. The third kappa shape index (κ3) is 5.48. The normalized spacial score (nSPS) is 9.64. The van der Waals surface area contributed by atoms with E-state index in [4.69, 9.17) is 15.3 Å². The van der Waals surface area contributed by atoms with E-state index in [1.165, 1.54) is 12.4 Å². The second-order valence-electron chi connectivity index (χ2n) is 4.92. The average molecular weight is 392 g/mol. The molecule has 2 heterocycles. The molecule has 0 atom stereocenters. The van der Waals surface area contributed by atoms with Gasteiger partial charge in [-0.05, 0) is 13.8 Å². The van der Waals surface area contributed by atoms with Crippen LogP contribution in [-0.2, 0) is 36.9 Å². The van der Waals surface area contributed by atoms with E-state index in [1.807, 2.05) is 0 Å². The molecule has 0 aliphatic rings. The first-order valence-electron chi connectivity index (χ1n) is 7.02. The largest absolute Gasteiger partial charge is 0.506 e. The predicted molar refractivity (Wildman–Crippen MR) is 84.4 cm³/mol. The third-order valence-electron chi connectivity index (χ3n) is 3.40. The third-order valence-corrected chi connectivity index (χ3v) is 3.40. The second-order valence-corrected chi connectivity index (χ2v) is 4.92. The number of aliphatic hydroxyl groups is 3. The van der Waals surface area contributed by atoms with Crippen molar-refractivity contribution in [2.75, 3.05) is 0 Å². The van der Waals surface area contributed by atoms with Gasteiger partial charge < -0.3 is 25.5 Å². The van der Waals surface area contributed by atoms with Gasteiger partial charge in [0.15, 0.2) is 6.29 Å². The van der Waals surface area contributed by atoms with Crippen molar-refractivity contribution < 1.29 is 47.4 Å². The van der Waals surface area contributed by atoms with Crippen LogP contribution in [0.4, 0.5) is 0 Å². The molecule has 0 radical (unpaired) electrons. The first-order chi connectivity index (χ1) is 11.4. The Kier molecular flexibility index (Phi) is 9.88. The average Bonchev–Trinajstić information content (AvgIpc) is 2.59. The van der Waals surface area contributed by atoms with E-state index in [1.54, 1.807) is 13.8 Å². The molecule has 2 rings (SSSR count). The minimum atomic E-state index is -0.297. The second kappa shape index (κ2) is 10.8. The zero-order valence-electron chi connectivity index (χ0n) is 13.7. The Morgan fingerprint density at radius 1 is 0.880 bits per heavy atom. The van der Waals surface area contributed by atoms with Crippen molar-refractivity contribution in [3.05, 3.63) is 46.0 Å². The van der Waals surface area contributed by atoms with Gasteiger partial charge >= 0.3 is 0 Å². The topological polar surface area (TPSA) is 144 Å². The molecular formula is C16H20FeN2O6. The van der Waals surface area contributed by atoms with Gasteiger partial charge in [-0.15, -0.1) is 0 Å². The van der Waals surface area contributed by atoms with Crippen molar-refractivity contribution in [2.24, 2.45) is 0 Å². The van der Waals surface area contributed by atoms with Gasteiger partial charge in [-0.2, -0.15) is 0 Å². The summed E-state index contributed by atoms with van der Waals surface area (Å²) in [6.45, 7) is 2.41. The summed E-state index contributed by atoms with van der Waals surface area (Å²) in [7, 11) is 0. The molecule has 0 spiro atoms. The molecule has 0 aliphatic carbocycles. The summed E-state index contributed by atoms with van der Waals surface area (Å²) in [6.07, 6.45) is 3.33. The number of hydrogen-bond acceptors (Lipinski definition) is 8. The van der Waals surface area contributed by atoms with Crippen LogP contribution >= 0.6 is 0 Å². The summed E-state index contributed by atoms with van der Waals surface area (Å²) < 4.78 is 0.